The van der Waals surface area contributed by atoms with E-state index in [9.17, 15) is 10.1 Å². The minimum absolute atomic E-state index is 0.126. The topological polar surface area (TPSA) is 70.2 Å². The molecule has 20 heavy (non-hydrogen) atoms. The molecule has 5 nitrogen and oxygen atoms in total. The molecule has 0 saturated heterocycles. The van der Waals surface area contributed by atoms with Gasteiger partial charge in [0.15, 0.2) is 12.4 Å². The molecular weight excluding hydrogens is 254 g/mol. The zero-order valence-corrected chi connectivity index (χ0v) is 10.8. The van der Waals surface area contributed by atoms with Crippen LogP contribution >= 0.6 is 0 Å². The molecule has 0 aliphatic heterocycles. The van der Waals surface area contributed by atoms with Crippen molar-refractivity contribution < 1.29 is 9.91 Å². The second-order valence-corrected chi connectivity index (χ2v) is 4.54. The SMILES string of the molecule is Cc1ccc2nc(-c3ccc[nH+]c3)ccc2c1[N+](=O)[O-]. The van der Waals surface area contributed by atoms with Gasteiger partial charge >= 0.3 is 0 Å². The van der Waals surface area contributed by atoms with Crippen LogP contribution in [-0.2, 0) is 0 Å². The third-order valence-electron chi connectivity index (χ3n) is 3.23. The molecule has 0 saturated carbocycles. The van der Waals surface area contributed by atoms with Crippen LogP contribution in [-0.4, -0.2) is 9.91 Å². The summed E-state index contributed by atoms with van der Waals surface area (Å²) in [6, 6.07) is 10.9. The Hall–Kier alpha value is -2.82. The molecule has 0 fully saturated rings. The van der Waals surface area contributed by atoms with Crippen molar-refractivity contribution in [3.8, 4) is 11.3 Å². The average molecular weight is 266 g/mol. The standard InChI is InChI=1S/C15H11N3O2/c1-10-4-6-14-12(15(10)18(19)20)5-7-13(17-14)11-3-2-8-16-9-11/h2-9H,1H3/p+1. The van der Waals surface area contributed by atoms with Gasteiger partial charge in [-0.25, -0.2) is 9.97 Å². The lowest BCUT2D eigenvalue weighted by Crippen LogP contribution is -1.99. The van der Waals surface area contributed by atoms with E-state index in [1.807, 2.05) is 30.6 Å². The van der Waals surface area contributed by atoms with Crippen molar-refractivity contribution in [3.63, 3.8) is 0 Å². The van der Waals surface area contributed by atoms with E-state index in [1.165, 1.54) is 0 Å². The zero-order chi connectivity index (χ0) is 14.1. The van der Waals surface area contributed by atoms with E-state index in [2.05, 4.69) is 9.97 Å². The first-order chi connectivity index (χ1) is 9.66. The fourth-order valence-electron chi connectivity index (χ4n) is 2.25. The van der Waals surface area contributed by atoms with Gasteiger partial charge in [0.2, 0.25) is 0 Å². The first-order valence-electron chi connectivity index (χ1n) is 6.18. The number of benzene rings is 1. The van der Waals surface area contributed by atoms with Crippen LogP contribution in [0.25, 0.3) is 22.2 Å². The Morgan fingerprint density at radius 1 is 1.20 bits per heavy atom. The number of fused-ring (bicyclic) bond motifs is 1. The number of aryl methyl sites for hydroxylation is 1. The predicted octanol–water partition coefficient (Wildman–Crippen LogP) is 2.93. The van der Waals surface area contributed by atoms with Crippen molar-refractivity contribution in [1.82, 2.24) is 4.98 Å². The molecule has 0 atom stereocenters. The Bertz CT molecular complexity index is 801. The monoisotopic (exact) mass is 266 g/mol. The lowest BCUT2D eigenvalue weighted by Gasteiger charge is -2.04. The second-order valence-electron chi connectivity index (χ2n) is 4.54. The quantitative estimate of drug-likeness (QED) is 0.529. The number of pyridine rings is 2. The van der Waals surface area contributed by atoms with E-state index in [0.29, 0.717) is 16.5 Å². The summed E-state index contributed by atoms with van der Waals surface area (Å²) in [5, 5.41) is 11.7. The Morgan fingerprint density at radius 3 is 2.75 bits per heavy atom. The maximum atomic E-state index is 11.2. The van der Waals surface area contributed by atoms with Crippen molar-refractivity contribution in [2.75, 3.05) is 0 Å². The third kappa shape index (κ3) is 1.99. The number of aromatic amines is 1. The van der Waals surface area contributed by atoms with Gasteiger partial charge in [0.05, 0.1) is 27.1 Å². The van der Waals surface area contributed by atoms with E-state index in [1.54, 1.807) is 25.1 Å². The molecule has 2 aromatic heterocycles. The zero-order valence-electron chi connectivity index (χ0n) is 10.8. The predicted molar refractivity (Wildman–Crippen MR) is 75.1 cm³/mol. The van der Waals surface area contributed by atoms with Crippen LogP contribution in [0.1, 0.15) is 5.56 Å². The molecule has 98 valence electrons. The van der Waals surface area contributed by atoms with Crippen LogP contribution in [0.5, 0.6) is 0 Å². The summed E-state index contributed by atoms with van der Waals surface area (Å²) in [6.45, 7) is 1.73. The summed E-state index contributed by atoms with van der Waals surface area (Å²) in [7, 11) is 0. The molecule has 0 aliphatic rings. The smallest absolute Gasteiger partial charge is 0.258 e. The molecule has 0 bridgehead atoms. The molecule has 1 N–H and O–H groups in total. The van der Waals surface area contributed by atoms with Crippen LogP contribution in [0.15, 0.2) is 48.8 Å². The number of nitrogens with one attached hydrogen (secondary N) is 1. The highest BCUT2D eigenvalue weighted by Crippen LogP contribution is 2.29. The van der Waals surface area contributed by atoms with Gasteiger partial charge in [0, 0.05) is 11.6 Å². The lowest BCUT2D eigenvalue weighted by molar-refractivity contribution is -0.383. The molecule has 0 amide bonds. The summed E-state index contributed by atoms with van der Waals surface area (Å²) >= 11 is 0. The van der Waals surface area contributed by atoms with Gasteiger partial charge in [-0.15, -0.1) is 0 Å². The van der Waals surface area contributed by atoms with E-state index in [0.717, 1.165) is 11.3 Å². The van der Waals surface area contributed by atoms with Gasteiger partial charge in [-0.2, -0.15) is 0 Å². The number of nitro groups is 1. The maximum Gasteiger partial charge on any atom is 0.281 e. The van der Waals surface area contributed by atoms with Gasteiger partial charge in [-0.1, -0.05) is 6.07 Å². The molecule has 3 rings (SSSR count). The largest absolute Gasteiger partial charge is 0.281 e. The van der Waals surface area contributed by atoms with Crippen LogP contribution in [0.2, 0.25) is 0 Å². The van der Waals surface area contributed by atoms with Gasteiger partial charge < -0.3 is 0 Å². The lowest BCUT2D eigenvalue weighted by atomic mass is 10.1. The van der Waals surface area contributed by atoms with E-state index in [4.69, 9.17) is 0 Å². The molecule has 2 heterocycles. The van der Waals surface area contributed by atoms with Crippen molar-refractivity contribution in [3.05, 3.63) is 64.5 Å². The van der Waals surface area contributed by atoms with E-state index >= 15 is 0 Å². The molecule has 0 unspecified atom stereocenters. The molecular formula is C15H12N3O2+. The van der Waals surface area contributed by atoms with Crippen LogP contribution < -0.4 is 4.98 Å². The Morgan fingerprint density at radius 2 is 2.05 bits per heavy atom. The summed E-state index contributed by atoms with van der Waals surface area (Å²) < 4.78 is 0. The highest BCUT2D eigenvalue weighted by atomic mass is 16.6. The Balaban J connectivity index is 2.24. The van der Waals surface area contributed by atoms with Crippen molar-refractivity contribution in [2.24, 2.45) is 0 Å². The summed E-state index contributed by atoms with van der Waals surface area (Å²) in [4.78, 5) is 18.3. The fraction of sp³-hybridized carbons (Fsp3) is 0.0667. The van der Waals surface area contributed by atoms with E-state index in [-0.39, 0.29) is 10.6 Å². The molecule has 1 aromatic carbocycles. The number of nitro benzene ring substituents is 1. The van der Waals surface area contributed by atoms with Crippen LogP contribution in [0.3, 0.4) is 0 Å². The number of H-pyrrole nitrogens is 1. The number of nitrogens with zero attached hydrogens (tertiary/aromatic N) is 2. The highest BCUT2D eigenvalue weighted by molar-refractivity contribution is 5.90. The number of rotatable bonds is 2. The molecule has 0 aliphatic carbocycles. The number of hydrogen-bond donors (Lipinski definition) is 0. The van der Waals surface area contributed by atoms with Crippen molar-refractivity contribution >= 4 is 16.6 Å². The van der Waals surface area contributed by atoms with Crippen LogP contribution in [0, 0.1) is 17.0 Å². The van der Waals surface area contributed by atoms with Gasteiger partial charge in [0.1, 0.15) is 0 Å². The van der Waals surface area contributed by atoms with Crippen LogP contribution in [0.4, 0.5) is 5.69 Å². The normalized spacial score (nSPS) is 10.7. The highest BCUT2D eigenvalue weighted by Gasteiger charge is 2.16. The third-order valence-corrected chi connectivity index (χ3v) is 3.23. The van der Waals surface area contributed by atoms with Gasteiger partial charge in [0.25, 0.3) is 5.69 Å². The number of hydrogen-bond acceptors (Lipinski definition) is 3. The first kappa shape index (κ1) is 12.2. The fourth-order valence-corrected chi connectivity index (χ4v) is 2.25. The minimum atomic E-state index is -0.352. The van der Waals surface area contributed by atoms with Gasteiger partial charge in [-0.3, -0.25) is 10.1 Å². The minimum Gasteiger partial charge on any atom is -0.258 e. The first-order valence-corrected chi connectivity index (χ1v) is 6.18. The molecule has 3 aromatic rings. The summed E-state index contributed by atoms with van der Waals surface area (Å²) in [6.07, 6.45) is 3.66. The second kappa shape index (κ2) is 4.70. The average Bonchev–Trinajstić information content (AvgIpc) is 2.47. The molecule has 5 heteroatoms. The van der Waals surface area contributed by atoms with E-state index < -0.39 is 0 Å². The Labute approximate surface area is 115 Å². The Kier molecular flexibility index (Phi) is 2.87. The van der Waals surface area contributed by atoms with Crippen molar-refractivity contribution in [1.29, 1.82) is 0 Å². The molecule has 0 spiro atoms. The summed E-state index contributed by atoms with van der Waals surface area (Å²) in [5.41, 5.74) is 3.13. The summed E-state index contributed by atoms with van der Waals surface area (Å²) in [5.74, 6) is 0. The molecule has 0 radical (unpaired) electrons. The van der Waals surface area contributed by atoms with Gasteiger partial charge in [-0.05, 0) is 31.2 Å². The maximum absolute atomic E-state index is 11.2. The van der Waals surface area contributed by atoms with Crippen molar-refractivity contribution in [2.45, 2.75) is 6.92 Å². The number of aromatic nitrogens is 2.